The molecule has 0 heterocycles. The van der Waals surface area contributed by atoms with Crippen molar-refractivity contribution in [1.82, 2.24) is 0 Å². The largest absolute Gasteiger partial charge is 0.369 e. The summed E-state index contributed by atoms with van der Waals surface area (Å²) in [5.41, 5.74) is 5.31. The lowest BCUT2D eigenvalue weighted by Gasteiger charge is -2.13. The zero-order valence-electron chi connectivity index (χ0n) is 6.75. The van der Waals surface area contributed by atoms with Crippen LogP contribution < -0.4 is 5.73 Å². The zero-order chi connectivity index (χ0) is 7.84. The normalized spacial score (nSPS) is 42.4. The SMILES string of the molecule is NC(=O)[C@H]1CCC2CCCC21. The van der Waals surface area contributed by atoms with Gasteiger partial charge in [-0.2, -0.15) is 0 Å². The minimum absolute atomic E-state index is 0.0561. The summed E-state index contributed by atoms with van der Waals surface area (Å²) in [6.07, 6.45) is 6.22. The molecule has 62 valence electrons. The molecule has 2 aliphatic carbocycles. The lowest BCUT2D eigenvalue weighted by molar-refractivity contribution is -0.122. The predicted octanol–water partition coefficient (Wildman–Crippen LogP) is 1.30. The molecule has 0 aliphatic heterocycles. The summed E-state index contributed by atoms with van der Waals surface area (Å²) < 4.78 is 0. The summed E-state index contributed by atoms with van der Waals surface area (Å²) in [4.78, 5) is 11.0. The molecule has 2 N–H and O–H groups in total. The Kier molecular flexibility index (Phi) is 1.63. The van der Waals surface area contributed by atoms with Crippen LogP contribution in [0.25, 0.3) is 0 Å². The molecule has 11 heavy (non-hydrogen) atoms. The smallest absolute Gasteiger partial charge is 0.220 e. The van der Waals surface area contributed by atoms with Crippen molar-refractivity contribution in [2.45, 2.75) is 32.1 Å². The van der Waals surface area contributed by atoms with Crippen molar-refractivity contribution in [3.05, 3.63) is 0 Å². The van der Waals surface area contributed by atoms with Crippen LogP contribution in [0.5, 0.6) is 0 Å². The van der Waals surface area contributed by atoms with Crippen LogP contribution in [0.15, 0.2) is 0 Å². The summed E-state index contributed by atoms with van der Waals surface area (Å²) in [6.45, 7) is 0. The Balaban J connectivity index is 2.08. The second-order valence-electron chi connectivity index (χ2n) is 3.94. The maximum atomic E-state index is 11.0. The first-order chi connectivity index (χ1) is 5.29. The van der Waals surface area contributed by atoms with Gasteiger partial charge in [-0.05, 0) is 31.1 Å². The first kappa shape index (κ1) is 7.14. The molecule has 0 aromatic heterocycles. The van der Waals surface area contributed by atoms with Gasteiger partial charge < -0.3 is 5.73 Å². The first-order valence-electron chi connectivity index (χ1n) is 4.58. The van der Waals surface area contributed by atoms with Crippen molar-refractivity contribution in [3.8, 4) is 0 Å². The second-order valence-corrected chi connectivity index (χ2v) is 3.94. The van der Waals surface area contributed by atoms with E-state index in [9.17, 15) is 4.79 Å². The molecule has 2 heteroatoms. The maximum Gasteiger partial charge on any atom is 0.220 e. The van der Waals surface area contributed by atoms with E-state index in [1.807, 2.05) is 0 Å². The number of carbonyl (C=O) groups is 1. The quantitative estimate of drug-likeness (QED) is 0.606. The van der Waals surface area contributed by atoms with Gasteiger partial charge in [-0.25, -0.2) is 0 Å². The molecule has 0 spiro atoms. The van der Waals surface area contributed by atoms with Crippen LogP contribution in [-0.2, 0) is 4.79 Å². The number of hydrogen-bond acceptors (Lipinski definition) is 1. The third kappa shape index (κ3) is 1.05. The molecule has 0 saturated heterocycles. The van der Waals surface area contributed by atoms with E-state index >= 15 is 0 Å². The number of carbonyl (C=O) groups excluding carboxylic acids is 1. The van der Waals surface area contributed by atoms with Gasteiger partial charge in [0, 0.05) is 5.92 Å². The minimum Gasteiger partial charge on any atom is -0.369 e. The van der Waals surface area contributed by atoms with Gasteiger partial charge in [0.2, 0.25) is 5.91 Å². The van der Waals surface area contributed by atoms with E-state index in [2.05, 4.69) is 0 Å². The highest BCUT2D eigenvalue weighted by atomic mass is 16.1. The standard InChI is InChI=1S/C9H15NO/c10-9(11)8-5-4-6-2-1-3-7(6)8/h6-8H,1-5H2,(H2,10,11)/t6?,7?,8-/m0/s1. The Bertz CT molecular complexity index is 178. The molecule has 3 atom stereocenters. The lowest BCUT2D eigenvalue weighted by Crippen LogP contribution is -2.26. The topological polar surface area (TPSA) is 43.1 Å². The van der Waals surface area contributed by atoms with Crippen LogP contribution in [0.2, 0.25) is 0 Å². The summed E-state index contributed by atoms with van der Waals surface area (Å²) in [5, 5.41) is 0. The molecule has 0 bridgehead atoms. The van der Waals surface area contributed by atoms with E-state index in [1.165, 1.54) is 25.7 Å². The van der Waals surface area contributed by atoms with Gasteiger partial charge in [0.15, 0.2) is 0 Å². The summed E-state index contributed by atoms with van der Waals surface area (Å²) in [7, 11) is 0. The van der Waals surface area contributed by atoms with E-state index < -0.39 is 0 Å². The maximum absolute atomic E-state index is 11.0. The molecule has 0 aromatic carbocycles. The fraction of sp³-hybridized carbons (Fsp3) is 0.889. The van der Waals surface area contributed by atoms with Crippen molar-refractivity contribution >= 4 is 5.91 Å². The van der Waals surface area contributed by atoms with Crippen LogP contribution in [0.4, 0.5) is 0 Å². The zero-order valence-corrected chi connectivity index (χ0v) is 6.75. The van der Waals surface area contributed by atoms with Crippen molar-refractivity contribution in [1.29, 1.82) is 0 Å². The molecule has 2 nitrogen and oxygen atoms in total. The highest BCUT2D eigenvalue weighted by Gasteiger charge is 2.41. The van der Waals surface area contributed by atoms with Gasteiger partial charge in [-0.1, -0.05) is 12.8 Å². The average molecular weight is 153 g/mol. The van der Waals surface area contributed by atoms with E-state index in [0.717, 1.165) is 12.3 Å². The van der Waals surface area contributed by atoms with Crippen molar-refractivity contribution in [2.24, 2.45) is 23.5 Å². The molecule has 1 amide bonds. The van der Waals surface area contributed by atoms with E-state index in [0.29, 0.717) is 5.92 Å². The van der Waals surface area contributed by atoms with Crippen LogP contribution in [0, 0.1) is 17.8 Å². The van der Waals surface area contributed by atoms with Crippen LogP contribution >= 0.6 is 0 Å². The van der Waals surface area contributed by atoms with Crippen molar-refractivity contribution in [2.75, 3.05) is 0 Å². The molecular weight excluding hydrogens is 138 g/mol. The number of rotatable bonds is 1. The highest BCUT2D eigenvalue weighted by molar-refractivity contribution is 5.77. The van der Waals surface area contributed by atoms with Crippen molar-refractivity contribution < 1.29 is 4.79 Å². The Hall–Kier alpha value is -0.530. The monoisotopic (exact) mass is 153 g/mol. The lowest BCUT2D eigenvalue weighted by atomic mass is 9.92. The Morgan fingerprint density at radius 3 is 2.73 bits per heavy atom. The molecule has 0 aromatic rings. The molecule has 2 saturated carbocycles. The summed E-state index contributed by atoms with van der Waals surface area (Å²) in [6, 6.07) is 0. The van der Waals surface area contributed by atoms with E-state index in [1.54, 1.807) is 0 Å². The molecule has 2 rings (SSSR count). The van der Waals surface area contributed by atoms with Gasteiger partial charge in [-0.15, -0.1) is 0 Å². The van der Waals surface area contributed by atoms with E-state index in [-0.39, 0.29) is 11.8 Å². The molecule has 0 radical (unpaired) electrons. The number of nitrogens with two attached hydrogens (primary N) is 1. The summed E-state index contributed by atoms with van der Waals surface area (Å²) in [5.74, 6) is 1.67. The van der Waals surface area contributed by atoms with Gasteiger partial charge in [0.25, 0.3) is 0 Å². The number of primary amides is 1. The fourth-order valence-corrected chi connectivity index (χ4v) is 2.91. The Morgan fingerprint density at radius 2 is 2.00 bits per heavy atom. The Labute approximate surface area is 67.1 Å². The Morgan fingerprint density at radius 1 is 1.18 bits per heavy atom. The van der Waals surface area contributed by atoms with E-state index in [4.69, 9.17) is 5.73 Å². The summed E-state index contributed by atoms with van der Waals surface area (Å²) >= 11 is 0. The van der Waals surface area contributed by atoms with Gasteiger partial charge >= 0.3 is 0 Å². The van der Waals surface area contributed by atoms with Crippen LogP contribution in [-0.4, -0.2) is 5.91 Å². The molecule has 2 aliphatic rings. The van der Waals surface area contributed by atoms with Crippen molar-refractivity contribution in [3.63, 3.8) is 0 Å². The van der Waals surface area contributed by atoms with Crippen LogP contribution in [0.1, 0.15) is 32.1 Å². The first-order valence-corrected chi connectivity index (χ1v) is 4.58. The highest BCUT2D eigenvalue weighted by Crippen LogP contribution is 2.47. The second kappa shape index (κ2) is 2.50. The number of hydrogen-bond donors (Lipinski definition) is 1. The molecule has 2 fully saturated rings. The third-order valence-corrected chi connectivity index (χ3v) is 3.45. The van der Waals surface area contributed by atoms with Gasteiger partial charge in [0.1, 0.15) is 0 Å². The van der Waals surface area contributed by atoms with Gasteiger partial charge in [-0.3, -0.25) is 4.79 Å². The number of fused-ring (bicyclic) bond motifs is 1. The van der Waals surface area contributed by atoms with Gasteiger partial charge in [0.05, 0.1) is 0 Å². The predicted molar refractivity (Wildman–Crippen MR) is 42.7 cm³/mol. The third-order valence-electron chi connectivity index (χ3n) is 3.45. The van der Waals surface area contributed by atoms with Crippen LogP contribution in [0.3, 0.4) is 0 Å². The molecule has 2 unspecified atom stereocenters. The minimum atomic E-state index is -0.0561. The molecular formula is C9H15NO. The average Bonchev–Trinajstić information content (AvgIpc) is 2.41. The fourth-order valence-electron chi connectivity index (χ4n) is 2.91. The number of amides is 1.